The number of pyridine rings is 1. The minimum atomic E-state index is 0.0785. The molecule has 1 fully saturated rings. The number of aryl methyl sites for hydroxylation is 1. The largest absolute Gasteiger partial charge is 0.497 e. The summed E-state index contributed by atoms with van der Waals surface area (Å²) in [6.07, 6.45) is 6.76. The summed E-state index contributed by atoms with van der Waals surface area (Å²) >= 11 is 3.62. The number of benzene rings is 2. The van der Waals surface area contributed by atoms with Crippen molar-refractivity contribution in [2.24, 2.45) is 5.92 Å². The zero-order valence-electron chi connectivity index (χ0n) is 16.8. The van der Waals surface area contributed by atoms with Crippen LogP contribution in [-0.2, 0) is 13.1 Å². The van der Waals surface area contributed by atoms with E-state index >= 15 is 0 Å². The van der Waals surface area contributed by atoms with Gasteiger partial charge in [0.05, 0.1) is 19.3 Å². The van der Waals surface area contributed by atoms with Crippen LogP contribution in [0.25, 0.3) is 10.9 Å². The Morgan fingerprint density at radius 3 is 2.55 bits per heavy atom. The second kappa shape index (κ2) is 9.14. The first-order valence-electron chi connectivity index (χ1n) is 10.3. The Morgan fingerprint density at radius 1 is 1.07 bits per heavy atom. The first kappa shape index (κ1) is 20.2. The number of methoxy groups -OCH3 is 1. The molecule has 1 saturated heterocycles. The van der Waals surface area contributed by atoms with Crippen LogP contribution >= 0.6 is 15.9 Å². The summed E-state index contributed by atoms with van der Waals surface area (Å²) in [5, 5.41) is 0.774. The number of likely N-dealkylation sites (tertiary alicyclic amines) is 1. The number of halogens is 1. The van der Waals surface area contributed by atoms with E-state index in [1.807, 2.05) is 36.5 Å². The lowest BCUT2D eigenvalue weighted by atomic mass is 9.90. The fraction of sp³-hybridized carbons (Fsp3) is 0.375. The maximum atomic E-state index is 12.2. The van der Waals surface area contributed by atoms with E-state index in [1.165, 1.54) is 24.8 Å². The SMILES string of the molecule is COc1ccc(CCC2CCN(Cn3ccc(=O)c4cccc(Br)c43)CC2)cc1. The first-order valence-corrected chi connectivity index (χ1v) is 11.1. The van der Waals surface area contributed by atoms with Gasteiger partial charge in [0.15, 0.2) is 5.43 Å². The third-order valence-corrected chi connectivity index (χ3v) is 6.65. The average molecular weight is 455 g/mol. The van der Waals surface area contributed by atoms with E-state index < -0.39 is 0 Å². The van der Waals surface area contributed by atoms with E-state index in [0.29, 0.717) is 0 Å². The van der Waals surface area contributed by atoms with Gasteiger partial charge in [-0.1, -0.05) is 18.2 Å². The van der Waals surface area contributed by atoms with Gasteiger partial charge in [-0.05, 0) is 77.4 Å². The van der Waals surface area contributed by atoms with Gasteiger partial charge in [-0.15, -0.1) is 0 Å². The van der Waals surface area contributed by atoms with E-state index in [4.69, 9.17) is 4.74 Å². The standard InChI is InChI=1S/C24H27BrN2O2/c1-29-20-9-7-18(8-10-20)5-6-19-11-14-26(15-12-19)17-27-16-13-23(28)21-3-2-4-22(25)24(21)27/h2-4,7-10,13,16,19H,5-6,11-12,14-15,17H2,1H3. The molecule has 0 saturated carbocycles. The highest BCUT2D eigenvalue weighted by Crippen LogP contribution is 2.25. The second-order valence-corrected chi connectivity index (χ2v) is 8.73. The Kier molecular flexibility index (Phi) is 6.36. The van der Waals surface area contributed by atoms with Gasteiger partial charge in [0.1, 0.15) is 5.75 Å². The van der Waals surface area contributed by atoms with Crippen LogP contribution in [0.4, 0.5) is 0 Å². The highest BCUT2D eigenvalue weighted by Gasteiger charge is 2.20. The summed E-state index contributed by atoms with van der Waals surface area (Å²) in [6, 6.07) is 16.0. The lowest BCUT2D eigenvalue weighted by Gasteiger charge is -2.33. The van der Waals surface area contributed by atoms with Crippen LogP contribution < -0.4 is 10.2 Å². The number of hydrogen-bond acceptors (Lipinski definition) is 3. The van der Waals surface area contributed by atoms with Gasteiger partial charge in [-0.2, -0.15) is 0 Å². The fourth-order valence-electron chi connectivity index (χ4n) is 4.24. The molecule has 1 aromatic heterocycles. The van der Waals surface area contributed by atoms with Gasteiger partial charge in [-0.3, -0.25) is 9.69 Å². The predicted molar refractivity (Wildman–Crippen MR) is 122 cm³/mol. The molecule has 1 aliphatic rings. The molecule has 4 rings (SSSR count). The van der Waals surface area contributed by atoms with Crippen LogP contribution in [0, 0.1) is 5.92 Å². The molecule has 1 aliphatic heterocycles. The van der Waals surface area contributed by atoms with E-state index in [9.17, 15) is 4.79 Å². The van der Waals surface area contributed by atoms with Crippen molar-refractivity contribution < 1.29 is 4.74 Å². The van der Waals surface area contributed by atoms with Crippen LogP contribution in [0.3, 0.4) is 0 Å². The molecule has 0 radical (unpaired) electrons. The number of rotatable bonds is 6. The lowest BCUT2D eigenvalue weighted by Crippen LogP contribution is -2.35. The van der Waals surface area contributed by atoms with E-state index in [0.717, 1.165) is 53.2 Å². The molecule has 152 valence electrons. The summed E-state index contributed by atoms with van der Waals surface area (Å²) in [6.45, 7) is 3.03. The smallest absolute Gasteiger partial charge is 0.189 e. The highest BCUT2D eigenvalue weighted by molar-refractivity contribution is 9.10. The minimum Gasteiger partial charge on any atom is -0.497 e. The van der Waals surface area contributed by atoms with Crippen LogP contribution in [0.5, 0.6) is 5.75 Å². The zero-order valence-corrected chi connectivity index (χ0v) is 18.4. The Hall–Kier alpha value is -2.11. The van der Waals surface area contributed by atoms with Crippen molar-refractivity contribution in [1.82, 2.24) is 9.47 Å². The quantitative estimate of drug-likeness (QED) is 0.520. The summed E-state index contributed by atoms with van der Waals surface area (Å²) in [4.78, 5) is 14.7. The second-order valence-electron chi connectivity index (χ2n) is 7.88. The molecule has 0 atom stereocenters. The first-order chi connectivity index (χ1) is 14.1. The average Bonchev–Trinajstić information content (AvgIpc) is 2.76. The highest BCUT2D eigenvalue weighted by atomic mass is 79.9. The maximum absolute atomic E-state index is 12.2. The molecule has 2 aromatic carbocycles. The number of ether oxygens (including phenoxy) is 1. The van der Waals surface area contributed by atoms with Gasteiger partial charge in [-0.25, -0.2) is 0 Å². The van der Waals surface area contributed by atoms with Gasteiger partial charge < -0.3 is 9.30 Å². The van der Waals surface area contributed by atoms with Crippen LogP contribution in [0.1, 0.15) is 24.8 Å². The Bertz CT molecular complexity index is 1020. The van der Waals surface area contributed by atoms with Crippen LogP contribution in [-0.4, -0.2) is 29.7 Å². The number of piperidine rings is 1. The maximum Gasteiger partial charge on any atom is 0.189 e. The van der Waals surface area contributed by atoms with Gasteiger partial charge in [0.2, 0.25) is 0 Å². The van der Waals surface area contributed by atoms with Crippen molar-refractivity contribution in [1.29, 1.82) is 0 Å². The Morgan fingerprint density at radius 2 is 1.83 bits per heavy atom. The topological polar surface area (TPSA) is 34.5 Å². The summed E-state index contributed by atoms with van der Waals surface area (Å²) < 4.78 is 8.40. The minimum absolute atomic E-state index is 0.0785. The zero-order chi connectivity index (χ0) is 20.2. The fourth-order valence-corrected chi connectivity index (χ4v) is 4.83. The van der Waals surface area contributed by atoms with Crippen molar-refractivity contribution in [3.63, 3.8) is 0 Å². The van der Waals surface area contributed by atoms with Crippen LogP contribution in [0.15, 0.2) is 64.0 Å². The third-order valence-electron chi connectivity index (χ3n) is 6.01. The summed E-state index contributed by atoms with van der Waals surface area (Å²) in [5.41, 5.74) is 2.45. The lowest BCUT2D eigenvalue weighted by molar-refractivity contribution is 0.146. The molecule has 0 unspecified atom stereocenters. The molecule has 29 heavy (non-hydrogen) atoms. The molecular formula is C24H27BrN2O2. The summed E-state index contributed by atoms with van der Waals surface area (Å²) in [5.74, 6) is 1.70. The van der Waals surface area contributed by atoms with Crippen molar-refractivity contribution in [3.8, 4) is 5.75 Å². The molecular weight excluding hydrogens is 428 g/mol. The number of aromatic nitrogens is 1. The molecule has 0 aliphatic carbocycles. The molecule has 0 amide bonds. The van der Waals surface area contributed by atoms with Gasteiger partial charge in [0, 0.05) is 35.2 Å². The van der Waals surface area contributed by atoms with Crippen molar-refractivity contribution in [2.45, 2.75) is 32.4 Å². The van der Waals surface area contributed by atoms with E-state index in [-0.39, 0.29) is 5.43 Å². The molecule has 5 heteroatoms. The molecule has 3 aromatic rings. The number of hydrogen-bond donors (Lipinski definition) is 0. The van der Waals surface area contributed by atoms with E-state index in [2.05, 4.69) is 37.5 Å². The molecule has 0 N–H and O–H groups in total. The number of fused-ring (bicyclic) bond motifs is 1. The molecule has 2 heterocycles. The monoisotopic (exact) mass is 454 g/mol. The third kappa shape index (κ3) is 4.73. The molecule has 0 spiro atoms. The Labute approximate surface area is 180 Å². The molecule has 0 bridgehead atoms. The van der Waals surface area contributed by atoms with Crippen LogP contribution in [0.2, 0.25) is 0 Å². The van der Waals surface area contributed by atoms with Gasteiger partial charge in [0.25, 0.3) is 0 Å². The van der Waals surface area contributed by atoms with Crippen molar-refractivity contribution in [2.75, 3.05) is 20.2 Å². The normalized spacial score (nSPS) is 15.7. The summed E-state index contributed by atoms with van der Waals surface area (Å²) in [7, 11) is 1.71. The number of para-hydroxylation sites is 1. The Balaban J connectivity index is 1.34. The molecule has 4 nitrogen and oxygen atoms in total. The van der Waals surface area contributed by atoms with Crippen molar-refractivity contribution in [3.05, 3.63) is 75.0 Å². The number of nitrogens with zero attached hydrogens (tertiary/aromatic N) is 2. The van der Waals surface area contributed by atoms with Crippen molar-refractivity contribution >= 4 is 26.8 Å². The van der Waals surface area contributed by atoms with Gasteiger partial charge >= 0.3 is 0 Å². The van der Waals surface area contributed by atoms with E-state index in [1.54, 1.807) is 13.2 Å². The predicted octanol–water partition coefficient (Wildman–Crippen LogP) is 5.07.